The Balaban J connectivity index is 1.76. The minimum Gasteiger partial charge on any atom is -0.348 e. The zero-order valence-corrected chi connectivity index (χ0v) is 15.2. The number of fused-ring (bicyclic) bond motifs is 1. The van der Waals surface area contributed by atoms with Gasteiger partial charge in [-0.2, -0.15) is 0 Å². The third kappa shape index (κ3) is 2.95. The van der Waals surface area contributed by atoms with Crippen LogP contribution in [0.15, 0.2) is 40.2 Å². The number of halogens is 1. The molecule has 23 heavy (non-hydrogen) atoms. The van der Waals surface area contributed by atoms with Gasteiger partial charge in [-0.05, 0) is 47.3 Å². The normalized spacial score (nSPS) is 14.3. The maximum absolute atomic E-state index is 12.6. The highest BCUT2D eigenvalue weighted by molar-refractivity contribution is 9.10. The van der Waals surface area contributed by atoms with Crippen LogP contribution in [0, 0.1) is 6.92 Å². The van der Waals surface area contributed by atoms with E-state index in [1.54, 1.807) is 11.3 Å². The van der Waals surface area contributed by atoms with Crippen molar-refractivity contribution >= 4 is 43.4 Å². The van der Waals surface area contributed by atoms with E-state index in [1.165, 1.54) is 11.1 Å². The summed E-state index contributed by atoms with van der Waals surface area (Å²) in [4.78, 5) is 12.6. The zero-order valence-electron chi connectivity index (χ0n) is 12.8. The highest BCUT2D eigenvalue weighted by Gasteiger charge is 2.26. The van der Waals surface area contributed by atoms with Gasteiger partial charge in [0.15, 0.2) is 0 Å². The second-order valence-electron chi connectivity index (χ2n) is 6.15. The Bertz CT molecular complexity index is 874. The molecular formula is C18H17BrN2OS. The van der Waals surface area contributed by atoms with Crippen LogP contribution in [0.3, 0.4) is 0 Å². The maximum Gasteiger partial charge on any atom is 0.268 e. The number of amides is 1. The topological polar surface area (TPSA) is 34.0 Å². The highest BCUT2D eigenvalue weighted by Crippen LogP contribution is 2.34. The first kappa shape index (κ1) is 15.0. The van der Waals surface area contributed by atoms with Crippen LogP contribution in [0.2, 0.25) is 0 Å². The van der Waals surface area contributed by atoms with E-state index in [9.17, 15) is 4.79 Å². The molecule has 1 amide bonds. The van der Waals surface area contributed by atoms with Gasteiger partial charge < -0.3 is 9.88 Å². The van der Waals surface area contributed by atoms with Gasteiger partial charge in [-0.1, -0.05) is 29.8 Å². The number of benzene rings is 1. The lowest BCUT2D eigenvalue weighted by Crippen LogP contribution is -2.27. The van der Waals surface area contributed by atoms with Crippen molar-refractivity contribution in [3.8, 4) is 0 Å². The summed E-state index contributed by atoms with van der Waals surface area (Å²) in [6.45, 7) is 2.79. The van der Waals surface area contributed by atoms with E-state index < -0.39 is 0 Å². The molecular weight excluding hydrogens is 372 g/mol. The van der Waals surface area contributed by atoms with Crippen molar-refractivity contribution in [3.05, 3.63) is 57.0 Å². The quantitative estimate of drug-likeness (QED) is 0.689. The number of thiophene rings is 1. The third-order valence-corrected chi connectivity index (χ3v) is 6.01. The highest BCUT2D eigenvalue weighted by atomic mass is 79.9. The maximum atomic E-state index is 12.6. The van der Waals surface area contributed by atoms with Gasteiger partial charge in [0.1, 0.15) is 5.69 Å². The average molecular weight is 389 g/mol. The number of carbonyl (C=O) groups is 1. The van der Waals surface area contributed by atoms with E-state index in [1.807, 2.05) is 6.07 Å². The first-order chi connectivity index (χ1) is 11.1. The second-order valence-corrected chi connectivity index (χ2v) is 7.91. The Morgan fingerprint density at radius 2 is 2.09 bits per heavy atom. The molecule has 0 atom stereocenters. The molecule has 4 rings (SSSR count). The number of hydrogen-bond acceptors (Lipinski definition) is 2. The summed E-state index contributed by atoms with van der Waals surface area (Å²) < 4.78 is 4.32. The average Bonchev–Trinajstić information content (AvgIpc) is 3.16. The largest absolute Gasteiger partial charge is 0.348 e. The van der Waals surface area contributed by atoms with Gasteiger partial charge in [0.05, 0.1) is 14.7 Å². The predicted octanol–water partition coefficient (Wildman–Crippen LogP) is 4.71. The van der Waals surface area contributed by atoms with Gasteiger partial charge >= 0.3 is 0 Å². The minimum atomic E-state index is 0.0370. The van der Waals surface area contributed by atoms with Gasteiger partial charge in [-0.15, -0.1) is 11.3 Å². The molecule has 1 fully saturated rings. The summed E-state index contributed by atoms with van der Waals surface area (Å²) in [5.74, 6) is 0.0370. The fourth-order valence-electron chi connectivity index (χ4n) is 2.75. The van der Waals surface area contributed by atoms with Crippen molar-refractivity contribution in [1.82, 2.24) is 9.88 Å². The summed E-state index contributed by atoms with van der Waals surface area (Å²) in [5.41, 5.74) is 4.30. The summed E-state index contributed by atoms with van der Waals surface area (Å²) in [6, 6.07) is 10.9. The van der Waals surface area contributed by atoms with Gasteiger partial charge in [-0.3, -0.25) is 4.79 Å². The predicted molar refractivity (Wildman–Crippen MR) is 98.3 cm³/mol. The van der Waals surface area contributed by atoms with Gasteiger partial charge in [0, 0.05) is 18.0 Å². The number of rotatable bonds is 4. The van der Waals surface area contributed by atoms with Crippen molar-refractivity contribution in [1.29, 1.82) is 0 Å². The molecule has 0 saturated heterocycles. The van der Waals surface area contributed by atoms with Crippen LogP contribution in [0.4, 0.5) is 0 Å². The molecule has 3 nitrogen and oxygen atoms in total. The lowest BCUT2D eigenvalue weighted by Gasteiger charge is -2.11. The van der Waals surface area contributed by atoms with E-state index in [4.69, 9.17) is 0 Å². The molecule has 1 aromatic carbocycles. The monoisotopic (exact) mass is 388 g/mol. The van der Waals surface area contributed by atoms with E-state index in [-0.39, 0.29) is 5.91 Å². The number of nitrogens with zero attached hydrogens (tertiary/aromatic N) is 1. The first-order valence-electron chi connectivity index (χ1n) is 7.74. The molecule has 1 saturated carbocycles. The molecule has 2 heterocycles. The van der Waals surface area contributed by atoms with Gasteiger partial charge in [-0.25, -0.2) is 0 Å². The van der Waals surface area contributed by atoms with E-state index >= 15 is 0 Å². The Morgan fingerprint density at radius 3 is 2.78 bits per heavy atom. The second kappa shape index (κ2) is 5.80. The number of aryl methyl sites for hydroxylation is 1. The van der Waals surface area contributed by atoms with Crippen molar-refractivity contribution in [2.24, 2.45) is 0 Å². The number of nitrogens with one attached hydrogen (secondary N) is 1. The SMILES string of the molecule is Cc1ccc(Cn2c(C(=O)NC3CC3)cc3scc(Br)c32)cc1. The summed E-state index contributed by atoms with van der Waals surface area (Å²) in [6.07, 6.45) is 2.20. The van der Waals surface area contributed by atoms with Crippen molar-refractivity contribution in [3.63, 3.8) is 0 Å². The fourth-order valence-corrected chi connectivity index (χ4v) is 4.44. The number of hydrogen-bond donors (Lipinski definition) is 1. The molecule has 1 aliphatic rings. The lowest BCUT2D eigenvalue weighted by molar-refractivity contribution is 0.0942. The van der Waals surface area contributed by atoms with Gasteiger partial charge in [0.25, 0.3) is 5.91 Å². The molecule has 0 radical (unpaired) electrons. The molecule has 3 aromatic rings. The molecule has 118 valence electrons. The van der Waals surface area contributed by atoms with Crippen LogP contribution in [0.25, 0.3) is 10.2 Å². The van der Waals surface area contributed by atoms with Crippen molar-refractivity contribution < 1.29 is 4.79 Å². The van der Waals surface area contributed by atoms with Crippen molar-refractivity contribution in [2.45, 2.75) is 32.4 Å². The Hall–Kier alpha value is -1.59. The smallest absolute Gasteiger partial charge is 0.268 e. The molecule has 0 bridgehead atoms. The van der Waals surface area contributed by atoms with E-state index in [0.717, 1.165) is 33.2 Å². The molecule has 1 N–H and O–H groups in total. The van der Waals surface area contributed by atoms with Crippen molar-refractivity contribution in [2.75, 3.05) is 0 Å². The summed E-state index contributed by atoms with van der Waals surface area (Å²) in [7, 11) is 0. The number of carbonyl (C=O) groups excluding carboxylic acids is 1. The molecule has 1 aliphatic carbocycles. The standard InChI is InChI=1S/C18H17BrN2OS/c1-11-2-4-12(5-3-11)9-21-15(18(22)20-13-6-7-13)8-16-17(21)14(19)10-23-16/h2-5,8,10,13H,6-7,9H2,1H3,(H,20,22). The van der Waals surface area contributed by atoms with Crippen LogP contribution < -0.4 is 5.32 Å². The molecule has 0 aliphatic heterocycles. The van der Waals surface area contributed by atoms with E-state index in [0.29, 0.717) is 12.6 Å². The van der Waals surface area contributed by atoms with Crippen LogP contribution in [0.1, 0.15) is 34.5 Å². The van der Waals surface area contributed by atoms with Crippen LogP contribution in [0.5, 0.6) is 0 Å². The molecule has 5 heteroatoms. The zero-order chi connectivity index (χ0) is 16.0. The molecule has 2 aromatic heterocycles. The Kier molecular flexibility index (Phi) is 3.77. The molecule has 0 unspecified atom stereocenters. The first-order valence-corrected chi connectivity index (χ1v) is 9.42. The minimum absolute atomic E-state index is 0.0370. The molecule has 0 spiro atoms. The van der Waals surface area contributed by atoms with E-state index in [2.05, 4.69) is 62.4 Å². The van der Waals surface area contributed by atoms with Gasteiger partial charge in [0.2, 0.25) is 0 Å². The fraction of sp³-hybridized carbons (Fsp3) is 0.278. The third-order valence-electron chi connectivity index (χ3n) is 4.18. The Labute approximate surface area is 147 Å². The van der Waals surface area contributed by atoms with Crippen LogP contribution >= 0.6 is 27.3 Å². The summed E-state index contributed by atoms with van der Waals surface area (Å²) in [5, 5.41) is 5.19. The lowest BCUT2D eigenvalue weighted by atomic mass is 10.1. The summed E-state index contributed by atoms with van der Waals surface area (Å²) >= 11 is 5.29. The number of aromatic nitrogens is 1. The van der Waals surface area contributed by atoms with Crippen LogP contribution in [-0.2, 0) is 6.54 Å². The Morgan fingerprint density at radius 1 is 1.35 bits per heavy atom. The van der Waals surface area contributed by atoms with Crippen LogP contribution in [-0.4, -0.2) is 16.5 Å².